The SMILES string of the molecule is CCc1ccc(S(=O)(=O)Nc2cccc(CCc3ccc(C(=O)O)cc3)c2)cc1. The molecule has 29 heavy (non-hydrogen) atoms. The fourth-order valence-corrected chi connectivity index (χ4v) is 4.06. The van der Waals surface area contributed by atoms with Crippen molar-refractivity contribution in [3.63, 3.8) is 0 Å². The molecule has 3 aromatic rings. The molecule has 0 unspecified atom stereocenters. The van der Waals surface area contributed by atoms with Crippen LogP contribution < -0.4 is 4.72 Å². The Kier molecular flexibility index (Phi) is 6.34. The van der Waals surface area contributed by atoms with Gasteiger partial charge in [0.15, 0.2) is 0 Å². The number of rotatable bonds is 8. The fourth-order valence-electron chi connectivity index (χ4n) is 3.01. The van der Waals surface area contributed by atoms with Gasteiger partial charge in [-0.2, -0.15) is 0 Å². The van der Waals surface area contributed by atoms with Crippen molar-refractivity contribution in [3.05, 3.63) is 95.1 Å². The third kappa shape index (κ3) is 5.45. The molecule has 2 N–H and O–H groups in total. The van der Waals surface area contributed by atoms with E-state index >= 15 is 0 Å². The van der Waals surface area contributed by atoms with E-state index in [9.17, 15) is 13.2 Å². The van der Waals surface area contributed by atoms with E-state index in [-0.39, 0.29) is 10.5 Å². The molecule has 3 rings (SSSR count). The summed E-state index contributed by atoms with van der Waals surface area (Å²) in [5.74, 6) is -0.944. The molecule has 0 aliphatic heterocycles. The van der Waals surface area contributed by atoms with Crippen LogP contribution in [0.15, 0.2) is 77.7 Å². The number of anilines is 1. The molecule has 5 nitrogen and oxygen atoms in total. The van der Waals surface area contributed by atoms with E-state index in [1.54, 1.807) is 42.5 Å². The van der Waals surface area contributed by atoms with E-state index in [1.165, 1.54) is 0 Å². The van der Waals surface area contributed by atoms with E-state index < -0.39 is 16.0 Å². The summed E-state index contributed by atoms with van der Waals surface area (Å²) in [5, 5.41) is 8.96. The van der Waals surface area contributed by atoms with E-state index in [0.29, 0.717) is 12.1 Å². The zero-order valence-corrected chi connectivity index (χ0v) is 16.9. The van der Waals surface area contributed by atoms with Gasteiger partial charge in [0.25, 0.3) is 10.0 Å². The van der Waals surface area contributed by atoms with Gasteiger partial charge in [-0.15, -0.1) is 0 Å². The highest BCUT2D eigenvalue weighted by Crippen LogP contribution is 2.19. The van der Waals surface area contributed by atoms with Crippen LogP contribution >= 0.6 is 0 Å². The molecular weight excluding hydrogens is 386 g/mol. The molecule has 0 spiro atoms. The lowest BCUT2D eigenvalue weighted by atomic mass is 10.0. The second kappa shape index (κ2) is 8.92. The number of aryl methyl sites for hydroxylation is 3. The number of benzene rings is 3. The number of carboxylic acid groups (broad SMARTS) is 1. The lowest BCUT2D eigenvalue weighted by Gasteiger charge is -2.10. The third-order valence-corrected chi connectivity index (χ3v) is 6.12. The highest BCUT2D eigenvalue weighted by atomic mass is 32.2. The molecule has 0 saturated carbocycles. The van der Waals surface area contributed by atoms with Crippen molar-refractivity contribution in [1.29, 1.82) is 0 Å². The minimum absolute atomic E-state index is 0.235. The molecule has 150 valence electrons. The van der Waals surface area contributed by atoms with Gasteiger partial charge in [0.1, 0.15) is 0 Å². The van der Waals surface area contributed by atoms with E-state index in [2.05, 4.69) is 4.72 Å². The predicted octanol–water partition coefficient (Wildman–Crippen LogP) is 4.53. The number of carbonyl (C=O) groups is 1. The minimum atomic E-state index is -3.64. The van der Waals surface area contributed by atoms with Crippen molar-refractivity contribution in [3.8, 4) is 0 Å². The average molecular weight is 410 g/mol. The smallest absolute Gasteiger partial charge is 0.335 e. The molecule has 0 atom stereocenters. The molecule has 0 fully saturated rings. The Morgan fingerprint density at radius 2 is 1.48 bits per heavy atom. The summed E-state index contributed by atoms with van der Waals surface area (Å²) >= 11 is 0. The first-order valence-electron chi connectivity index (χ1n) is 9.40. The number of nitrogens with one attached hydrogen (secondary N) is 1. The largest absolute Gasteiger partial charge is 0.478 e. The first kappa shape index (κ1) is 20.6. The van der Waals surface area contributed by atoms with Crippen molar-refractivity contribution < 1.29 is 18.3 Å². The van der Waals surface area contributed by atoms with Gasteiger partial charge in [0.2, 0.25) is 0 Å². The van der Waals surface area contributed by atoms with Crippen LogP contribution in [0.5, 0.6) is 0 Å². The number of hydrogen-bond donors (Lipinski definition) is 2. The Hall–Kier alpha value is -3.12. The molecule has 0 aliphatic carbocycles. The second-order valence-corrected chi connectivity index (χ2v) is 8.49. The van der Waals surface area contributed by atoms with E-state index in [1.807, 2.05) is 37.3 Å². The monoisotopic (exact) mass is 409 g/mol. The number of hydrogen-bond acceptors (Lipinski definition) is 3. The number of aromatic carboxylic acids is 1. The lowest BCUT2D eigenvalue weighted by Crippen LogP contribution is -2.13. The maximum Gasteiger partial charge on any atom is 0.335 e. The Balaban J connectivity index is 1.67. The van der Waals surface area contributed by atoms with E-state index in [4.69, 9.17) is 5.11 Å². The number of carboxylic acids is 1. The van der Waals surface area contributed by atoms with E-state index in [0.717, 1.165) is 29.5 Å². The van der Waals surface area contributed by atoms with Gasteiger partial charge in [-0.05, 0) is 72.4 Å². The normalized spacial score (nSPS) is 11.2. The van der Waals surface area contributed by atoms with Crippen molar-refractivity contribution in [2.75, 3.05) is 4.72 Å². The van der Waals surface area contributed by atoms with Crippen LogP contribution in [-0.4, -0.2) is 19.5 Å². The summed E-state index contributed by atoms with van der Waals surface area (Å²) in [6.45, 7) is 2.02. The van der Waals surface area contributed by atoms with Gasteiger partial charge in [-0.25, -0.2) is 13.2 Å². The minimum Gasteiger partial charge on any atom is -0.478 e. The summed E-state index contributed by atoms with van der Waals surface area (Å²) < 4.78 is 27.9. The van der Waals surface area contributed by atoms with Crippen molar-refractivity contribution in [2.45, 2.75) is 31.1 Å². The topological polar surface area (TPSA) is 83.5 Å². The third-order valence-electron chi connectivity index (χ3n) is 4.72. The molecule has 0 saturated heterocycles. The van der Waals surface area contributed by atoms with Crippen LogP contribution in [0.1, 0.15) is 34.0 Å². The summed E-state index contributed by atoms with van der Waals surface area (Å²) in [6, 6.07) is 21.0. The summed E-state index contributed by atoms with van der Waals surface area (Å²) in [4.78, 5) is 11.2. The standard InChI is InChI=1S/C23H23NO4S/c1-2-17-10-14-22(15-11-17)29(27,28)24-21-5-3-4-19(16-21)7-6-18-8-12-20(13-9-18)23(25)26/h3-5,8-16,24H,2,6-7H2,1H3,(H,25,26). The van der Waals surface area contributed by atoms with Gasteiger partial charge in [-0.1, -0.05) is 43.3 Å². The van der Waals surface area contributed by atoms with Crippen LogP contribution in [0.3, 0.4) is 0 Å². The van der Waals surface area contributed by atoms with Crippen LogP contribution in [0.25, 0.3) is 0 Å². The van der Waals surface area contributed by atoms with Crippen LogP contribution in [0.4, 0.5) is 5.69 Å². The maximum atomic E-state index is 12.6. The fraction of sp³-hybridized carbons (Fsp3) is 0.174. The molecule has 6 heteroatoms. The van der Waals surface area contributed by atoms with Crippen LogP contribution in [0.2, 0.25) is 0 Å². The Morgan fingerprint density at radius 1 is 0.862 bits per heavy atom. The highest BCUT2D eigenvalue weighted by molar-refractivity contribution is 7.92. The zero-order chi connectivity index (χ0) is 20.9. The van der Waals surface area contributed by atoms with Crippen LogP contribution in [-0.2, 0) is 29.3 Å². The quantitative estimate of drug-likeness (QED) is 0.572. The first-order chi connectivity index (χ1) is 13.9. The Morgan fingerprint density at radius 3 is 2.10 bits per heavy atom. The molecule has 0 aliphatic rings. The summed E-state index contributed by atoms with van der Waals surface area (Å²) in [5.41, 5.74) is 3.88. The molecule has 0 bridgehead atoms. The molecule has 0 aromatic heterocycles. The molecule has 0 radical (unpaired) electrons. The van der Waals surface area contributed by atoms with Gasteiger partial charge in [-0.3, -0.25) is 4.72 Å². The maximum absolute atomic E-state index is 12.6. The molecule has 0 amide bonds. The average Bonchev–Trinajstić information content (AvgIpc) is 2.72. The van der Waals surface area contributed by atoms with Crippen molar-refractivity contribution in [1.82, 2.24) is 0 Å². The Bertz CT molecular complexity index is 1090. The van der Waals surface area contributed by atoms with Gasteiger partial charge in [0.05, 0.1) is 10.5 Å². The Labute approximate surface area is 171 Å². The van der Waals surface area contributed by atoms with Gasteiger partial charge < -0.3 is 5.11 Å². The molecular formula is C23H23NO4S. The van der Waals surface area contributed by atoms with Gasteiger partial charge >= 0.3 is 5.97 Å². The molecule has 3 aromatic carbocycles. The lowest BCUT2D eigenvalue weighted by molar-refractivity contribution is 0.0697. The highest BCUT2D eigenvalue weighted by Gasteiger charge is 2.14. The first-order valence-corrected chi connectivity index (χ1v) is 10.9. The van der Waals surface area contributed by atoms with Crippen molar-refractivity contribution >= 4 is 21.7 Å². The summed E-state index contributed by atoms with van der Waals surface area (Å²) in [6.07, 6.45) is 2.30. The molecule has 0 heterocycles. The number of sulfonamides is 1. The second-order valence-electron chi connectivity index (χ2n) is 6.81. The summed E-state index contributed by atoms with van der Waals surface area (Å²) in [7, 11) is -3.64. The predicted molar refractivity (Wildman–Crippen MR) is 114 cm³/mol. The van der Waals surface area contributed by atoms with Crippen molar-refractivity contribution in [2.24, 2.45) is 0 Å². The zero-order valence-electron chi connectivity index (χ0n) is 16.1. The van der Waals surface area contributed by atoms with Gasteiger partial charge in [0, 0.05) is 5.69 Å². The van der Waals surface area contributed by atoms with Crippen LogP contribution in [0, 0.1) is 0 Å².